The molecule has 0 bridgehead atoms. The van der Waals surface area contributed by atoms with Gasteiger partial charge in [0.2, 0.25) is 15.9 Å². The smallest absolute Gasteiger partial charge is 0.223 e. The number of carbonyl (C=O) groups excluding carboxylic acids is 1. The molecule has 1 aliphatic carbocycles. The van der Waals surface area contributed by atoms with Gasteiger partial charge in [0.05, 0.1) is 5.75 Å². The van der Waals surface area contributed by atoms with Crippen molar-refractivity contribution in [3.63, 3.8) is 0 Å². The molecule has 1 fully saturated rings. The zero-order valence-corrected chi connectivity index (χ0v) is 8.14. The molecular weight excluding hydrogens is 192 g/mol. The molecule has 1 rings (SSSR count). The fraction of sp³-hybridized carbons (Fsp3) is 0.857. The van der Waals surface area contributed by atoms with E-state index < -0.39 is 10.0 Å². The lowest BCUT2D eigenvalue weighted by Crippen LogP contribution is -2.28. The fourth-order valence-corrected chi connectivity index (χ4v) is 1.52. The van der Waals surface area contributed by atoms with Crippen LogP contribution in [0.2, 0.25) is 0 Å². The average molecular weight is 206 g/mol. The van der Waals surface area contributed by atoms with Crippen LogP contribution in [0.3, 0.4) is 0 Å². The Morgan fingerprint density at radius 2 is 2.08 bits per heavy atom. The highest BCUT2D eigenvalue weighted by Crippen LogP contribution is 2.28. The van der Waals surface area contributed by atoms with E-state index in [-0.39, 0.29) is 17.6 Å². The second kappa shape index (κ2) is 4.06. The Bertz CT molecular complexity index is 282. The summed E-state index contributed by atoms with van der Waals surface area (Å²) in [6.07, 6.45) is 2.30. The quantitative estimate of drug-likeness (QED) is 0.576. The van der Waals surface area contributed by atoms with Crippen molar-refractivity contribution in [3.8, 4) is 0 Å². The molecule has 3 N–H and O–H groups in total. The standard InChI is InChI=1S/C7H14N2O3S/c8-13(11,12)5-1-4-9-7(10)6-2-3-6/h6H,1-5H2,(H,9,10)(H2,8,11,12). The summed E-state index contributed by atoms with van der Waals surface area (Å²) in [5.41, 5.74) is 0. The summed E-state index contributed by atoms with van der Waals surface area (Å²) in [5, 5.41) is 7.44. The molecule has 5 nitrogen and oxygen atoms in total. The first-order chi connectivity index (χ1) is 5.99. The van der Waals surface area contributed by atoms with Crippen LogP contribution in [0.25, 0.3) is 0 Å². The molecule has 0 aromatic rings. The van der Waals surface area contributed by atoms with Gasteiger partial charge in [0, 0.05) is 12.5 Å². The summed E-state index contributed by atoms with van der Waals surface area (Å²) < 4.78 is 21.0. The number of carbonyl (C=O) groups is 1. The highest BCUT2D eigenvalue weighted by atomic mass is 32.2. The first-order valence-corrected chi connectivity index (χ1v) is 5.99. The van der Waals surface area contributed by atoms with Crippen LogP contribution < -0.4 is 10.5 Å². The summed E-state index contributed by atoms with van der Waals surface area (Å²) in [5.74, 6) is 0.140. The predicted octanol–water partition coefficient (Wildman–Crippen LogP) is -0.809. The average Bonchev–Trinajstić information content (AvgIpc) is 2.77. The van der Waals surface area contributed by atoms with Crippen LogP contribution in [-0.2, 0) is 14.8 Å². The summed E-state index contributed by atoms with van der Waals surface area (Å²) >= 11 is 0. The zero-order valence-electron chi connectivity index (χ0n) is 7.32. The van der Waals surface area contributed by atoms with Crippen molar-refractivity contribution < 1.29 is 13.2 Å². The number of nitrogens with two attached hydrogens (primary N) is 1. The lowest BCUT2D eigenvalue weighted by molar-refractivity contribution is -0.122. The minimum absolute atomic E-state index is 0.0365. The van der Waals surface area contributed by atoms with Crippen molar-refractivity contribution in [1.82, 2.24) is 5.32 Å². The van der Waals surface area contributed by atoms with Gasteiger partial charge in [0.15, 0.2) is 0 Å². The van der Waals surface area contributed by atoms with Gasteiger partial charge in [0.1, 0.15) is 0 Å². The van der Waals surface area contributed by atoms with Crippen molar-refractivity contribution in [1.29, 1.82) is 0 Å². The van der Waals surface area contributed by atoms with E-state index >= 15 is 0 Å². The summed E-state index contributed by atoms with van der Waals surface area (Å²) in [4.78, 5) is 11.0. The fourth-order valence-electron chi connectivity index (χ4n) is 0.975. The Morgan fingerprint density at radius 3 is 2.54 bits per heavy atom. The third kappa shape index (κ3) is 4.84. The molecule has 0 radical (unpaired) electrons. The Labute approximate surface area is 77.7 Å². The van der Waals surface area contributed by atoms with Gasteiger partial charge < -0.3 is 5.32 Å². The maximum absolute atomic E-state index is 11.0. The van der Waals surface area contributed by atoms with E-state index in [0.29, 0.717) is 13.0 Å². The highest BCUT2D eigenvalue weighted by molar-refractivity contribution is 7.89. The number of nitrogens with one attached hydrogen (secondary N) is 1. The second-order valence-electron chi connectivity index (χ2n) is 3.29. The molecule has 0 aromatic heterocycles. The van der Waals surface area contributed by atoms with E-state index in [1.54, 1.807) is 0 Å². The van der Waals surface area contributed by atoms with Crippen LogP contribution in [0, 0.1) is 5.92 Å². The maximum Gasteiger partial charge on any atom is 0.223 e. The second-order valence-corrected chi connectivity index (χ2v) is 5.02. The van der Waals surface area contributed by atoms with Crippen LogP contribution in [0.15, 0.2) is 0 Å². The van der Waals surface area contributed by atoms with Gasteiger partial charge >= 0.3 is 0 Å². The maximum atomic E-state index is 11.0. The highest BCUT2D eigenvalue weighted by Gasteiger charge is 2.28. The third-order valence-corrected chi connectivity index (χ3v) is 2.71. The summed E-state index contributed by atoms with van der Waals surface area (Å²) in [6.45, 7) is 0.395. The Kier molecular flexibility index (Phi) is 3.27. The van der Waals surface area contributed by atoms with Crippen LogP contribution in [0.1, 0.15) is 19.3 Å². The van der Waals surface area contributed by atoms with Gasteiger partial charge in [-0.3, -0.25) is 4.79 Å². The van der Waals surface area contributed by atoms with Gasteiger partial charge in [-0.2, -0.15) is 0 Å². The van der Waals surface area contributed by atoms with E-state index in [9.17, 15) is 13.2 Å². The van der Waals surface area contributed by atoms with Gasteiger partial charge in [0.25, 0.3) is 0 Å². The van der Waals surface area contributed by atoms with Crippen LogP contribution in [0.5, 0.6) is 0 Å². The first-order valence-electron chi connectivity index (χ1n) is 4.27. The number of sulfonamides is 1. The summed E-state index contributed by atoms with van der Waals surface area (Å²) in [7, 11) is -3.38. The molecule has 0 aromatic carbocycles. The normalized spacial score (nSPS) is 17.0. The van der Waals surface area contributed by atoms with Gasteiger partial charge in [-0.05, 0) is 19.3 Å². The molecule has 1 amide bonds. The number of hydrogen-bond acceptors (Lipinski definition) is 3. The lowest BCUT2D eigenvalue weighted by atomic mass is 10.4. The Hall–Kier alpha value is -0.620. The molecule has 1 saturated carbocycles. The Morgan fingerprint density at radius 1 is 1.46 bits per heavy atom. The van der Waals surface area contributed by atoms with Crippen LogP contribution >= 0.6 is 0 Å². The molecule has 1 aliphatic rings. The van der Waals surface area contributed by atoms with Gasteiger partial charge in [-0.15, -0.1) is 0 Å². The molecule has 6 heteroatoms. The van der Waals surface area contributed by atoms with Crippen LogP contribution in [0.4, 0.5) is 0 Å². The molecular formula is C7H14N2O3S. The number of hydrogen-bond donors (Lipinski definition) is 2. The lowest BCUT2D eigenvalue weighted by Gasteiger charge is -2.02. The molecule has 0 atom stereocenters. The van der Waals surface area contributed by atoms with Crippen molar-refractivity contribution in [2.45, 2.75) is 19.3 Å². The zero-order chi connectivity index (χ0) is 9.90. The first kappa shape index (κ1) is 10.5. The van der Waals surface area contributed by atoms with Gasteiger partial charge in [-0.25, -0.2) is 13.6 Å². The topological polar surface area (TPSA) is 89.3 Å². The minimum Gasteiger partial charge on any atom is -0.356 e. The predicted molar refractivity (Wildman–Crippen MR) is 48.3 cm³/mol. The minimum atomic E-state index is -3.38. The summed E-state index contributed by atoms with van der Waals surface area (Å²) in [6, 6.07) is 0. The van der Waals surface area contributed by atoms with Crippen molar-refractivity contribution in [2.24, 2.45) is 11.1 Å². The largest absolute Gasteiger partial charge is 0.356 e. The molecule has 76 valence electrons. The van der Waals surface area contributed by atoms with Gasteiger partial charge in [-0.1, -0.05) is 0 Å². The Balaban J connectivity index is 2.04. The van der Waals surface area contributed by atoms with Crippen molar-refractivity contribution >= 4 is 15.9 Å². The van der Waals surface area contributed by atoms with E-state index in [1.165, 1.54) is 0 Å². The van der Waals surface area contributed by atoms with E-state index in [4.69, 9.17) is 5.14 Å². The van der Waals surface area contributed by atoms with E-state index in [1.807, 2.05) is 0 Å². The molecule has 0 heterocycles. The molecule has 0 aliphatic heterocycles. The molecule has 0 saturated heterocycles. The van der Waals surface area contributed by atoms with Crippen LogP contribution in [-0.4, -0.2) is 26.6 Å². The number of primary sulfonamides is 1. The molecule has 13 heavy (non-hydrogen) atoms. The van der Waals surface area contributed by atoms with E-state index in [0.717, 1.165) is 12.8 Å². The number of rotatable bonds is 5. The van der Waals surface area contributed by atoms with E-state index in [2.05, 4.69) is 5.32 Å². The molecule has 0 unspecified atom stereocenters. The molecule has 0 spiro atoms. The SMILES string of the molecule is NS(=O)(=O)CCCNC(=O)C1CC1. The third-order valence-electron chi connectivity index (χ3n) is 1.85. The number of amides is 1. The van der Waals surface area contributed by atoms with Crippen molar-refractivity contribution in [2.75, 3.05) is 12.3 Å². The van der Waals surface area contributed by atoms with Crippen molar-refractivity contribution in [3.05, 3.63) is 0 Å². The monoisotopic (exact) mass is 206 g/mol.